The maximum Gasteiger partial charge on any atom is 0.122 e. The molecule has 0 aliphatic heterocycles. The van der Waals surface area contributed by atoms with E-state index in [-0.39, 0.29) is 5.54 Å². The Kier molecular flexibility index (Phi) is 3.20. The fourth-order valence-electron chi connectivity index (χ4n) is 2.04. The normalized spacial score (nSPS) is 17.2. The molecule has 0 heterocycles. The molecule has 0 radical (unpaired) electrons. The van der Waals surface area contributed by atoms with E-state index in [9.17, 15) is 0 Å². The third-order valence-corrected chi connectivity index (χ3v) is 3.54. The Labute approximate surface area is 97.8 Å². The van der Waals surface area contributed by atoms with Crippen molar-refractivity contribution < 1.29 is 4.74 Å². The van der Waals surface area contributed by atoms with Crippen molar-refractivity contribution in [1.82, 2.24) is 0 Å². The summed E-state index contributed by atoms with van der Waals surface area (Å²) in [4.78, 5) is 0. The molecule has 1 fully saturated rings. The average molecular weight is 219 g/mol. The summed E-state index contributed by atoms with van der Waals surface area (Å²) < 4.78 is 5.39. The number of hydrogen-bond acceptors (Lipinski definition) is 2. The highest BCUT2D eigenvalue weighted by Gasteiger charge is 2.37. The van der Waals surface area contributed by atoms with Crippen LogP contribution in [0.3, 0.4) is 0 Å². The summed E-state index contributed by atoms with van der Waals surface area (Å²) in [5.41, 5.74) is 8.92. The van der Waals surface area contributed by atoms with Gasteiger partial charge in [0.05, 0.1) is 7.11 Å². The Hall–Kier alpha value is -1.02. The summed E-state index contributed by atoms with van der Waals surface area (Å²) in [7, 11) is 1.74. The van der Waals surface area contributed by atoms with Gasteiger partial charge in [0, 0.05) is 5.54 Å². The number of methoxy groups -OCH3 is 1. The zero-order valence-electron chi connectivity index (χ0n) is 10.3. The van der Waals surface area contributed by atoms with E-state index in [0.29, 0.717) is 0 Å². The molecule has 0 atom stereocenters. The quantitative estimate of drug-likeness (QED) is 0.826. The first-order valence-corrected chi connectivity index (χ1v) is 6.11. The Bertz CT molecular complexity index is 369. The monoisotopic (exact) mass is 219 g/mol. The highest BCUT2D eigenvalue weighted by molar-refractivity contribution is 5.37. The predicted molar refractivity (Wildman–Crippen MR) is 66.8 cm³/mol. The second-order valence-corrected chi connectivity index (χ2v) is 4.86. The van der Waals surface area contributed by atoms with Gasteiger partial charge in [-0.05, 0) is 49.3 Å². The van der Waals surface area contributed by atoms with Crippen molar-refractivity contribution in [2.75, 3.05) is 7.11 Å². The molecule has 1 aromatic carbocycles. The molecule has 16 heavy (non-hydrogen) atoms. The van der Waals surface area contributed by atoms with Gasteiger partial charge in [0.1, 0.15) is 5.75 Å². The second kappa shape index (κ2) is 4.46. The zero-order valence-corrected chi connectivity index (χ0v) is 10.3. The van der Waals surface area contributed by atoms with Crippen LogP contribution in [-0.2, 0) is 12.8 Å². The van der Waals surface area contributed by atoms with Crippen molar-refractivity contribution in [2.24, 2.45) is 5.73 Å². The van der Waals surface area contributed by atoms with E-state index >= 15 is 0 Å². The van der Waals surface area contributed by atoms with Crippen LogP contribution < -0.4 is 10.5 Å². The van der Waals surface area contributed by atoms with Gasteiger partial charge in [0.15, 0.2) is 0 Å². The van der Waals surface area contributed by atoms with Crippen LogP contribution in [0, 0.1) is 0 Å². The number of benzene rings is 1. The Balaban J connectivity index is 2.09. The standard InChI is InChI=1S/C14H21NO/c1-3-11-4-5-13(16-2)12(10-11)6-7-14(15)8-9-14/h4-5,10H,3,6-9,15H2,1-2H3. The molecular weight excluding hydrogens is 198 g/mol. The summed E-state index contributed by atoms with van der Waals surface area (Å²) in [6, 6.07) is 6.46. The third kappa shape index (κ3) is 2.56. The van der Waals surface area contributed by atoms with Gasteiger partial charge in [0.25, 0.3) is 0 Å². The molecule has 1 aliphatic rings. The van der Waals surface area contributed by atoms with E-state index in [0.717, 1.165) is 25.0 Å². The smallest absolute Gasteiger partial charge is 0.122 e. The van der Waals surface area contributed by atoms with Crippen molar-refractivity contribution in [1.29, 1.82) is 0 Å². The topological polar surface area (TPSA) is 35.2 Å². The minimum atomic E-state index is 0.132. The molecule has 2 rings (SSSR count). The first kappa shape index (κ1) is 11.5. The van der Waals surface area contributed by atoms with Crippen molar-refractivity contribution in [3.05, 3.63) is 29.3 Å². The largest absolute Gasteiger partial charge is 0.496 e. The molecule has 1 aliphatic carbocycles. The zero-order chi connectivity index (χ0) is 11.6. The van der Waals surface area contributed by atoms with E-state index in [1.165, 1.54) is 24.0 Å². The first-order chi connectivity index (χ1) is 7.67. The molecule has 0 bridgehead atoms. The van der Waals surface area contributed by atoms with Gasteiger partial charge in [-0.2, -0.15) is 0 Å². The number of rotatable bonds is 5. The highest BCUT2D eigenvalue weighted by atomic mass is 16.5. The van der Waals surface area contributed by atoms with E-state index in [1.807, 2.05) is 0 Å². The lowest BCUT2D eigenvalue weighted by Crippen LogP contribution is -2.22. The Morgan fingerprint density at radius 2 is 2.12 bits per heavy atom. The van der Waals surface area contributed by atoms with Gasteiger partial charge >= 0.3 is 0 Å². The number of hydrogen-bond donors (Lipinski definition) is 1. The Morgan fingerprint density at radius 1 is 1.38 bits per heavy atom. The summed E-state index contributed by atoms with van der Waals surface area (Å²) in [5, 5.41) is 0. The van der Waals surface area contributed by atoms with Crippen LogP contribution in [0.2, 0.25) is 0 Å². The summed E-state index contributed by atoms with van der Waals surface area (Å²) in [6.07, 6.45) is 5.56. The molecule has 0 saturated heterocycles. The average Bonchev–Trinajstić information content (AvgIpc) is 3.05. The molecule has 0 spiro atoms. The van der Waals surface area contributed by atoms with Crippen LogP contribution in [0.1, 0.15) is 37.3 Å². The lowest BCUT2D eigenvalue weighted by molar-refractivity contribution is 0.407. The third-order valence-electron chi connectivity index (χ3n) is 3.54. The molecule has 2 nitrogen and oxygen atoms in total. The molecule has 2 heteroatoms. The van der Waals surface area contributed by atoms with Crippen LogP contribution in [0.5, 0.6) is 5.75 Å². The van der Waals surface area contributed by atoms with Crippen LogP contribution in [-0.4, -0.2) is 12.6 Å². The van der Waals surface area contributed by atoms with Gasteiger partial charge in [-0.3, -0.25) is 0 Å². The van der Waals surface area contributed by atoms with Gasteiger partial charge in [-0.15, -0.1) is 0 Å². The van der Waals surface area contributed by atoms with E-state index in [4.69, 9.17) is 10.5 Å². The van der Waals surface area contributed by atoms with Crippen molar-refractivity contribution in [3.63, 3.8) is 0 Å². The fourth-order valence-corrected chi connectivity index (χ4v) is 2.04. The molecule has 1 aromatic rings. The lowest BCUT2D eigenvalue weighted by atomic mass is 10.0. The van der Waals surface area contributed by atoms with Gasteiger partial charge in [-0.1, -0.05) is 19.1 Å². The van der Waals surface area contributed by atoms with E-state index in [2.05, 4.69) is 25.1 Å². The van der Waals surface area contributed by atoms with Crippen molar-refractivity contribution >= 4 is 0 Å². The summed E-state index contributed by atoms with van der Waals surface area (Å²) >= 11 is 0. The minimum Gasteiger partial charge on any atom is -0.496 e. The van der Waals surface area contributed by atoms with Crippen molar-refractivity contribution in [2.45, 2.75) is 44.6 Å². The molecule has 88 valence electrons. The SMILES string of the molecule is CCc1ccc(OC)c(CCC2(N)CC2)c1. The van der Waals surface area contributed by atoms with Crippen LogP contribution in [0.4, 0.5) is 0 Å². The van der Waals surface area contributed by atoms with E-state index < -0.39 is 0 Å². The molecule has 1 saturated carbocycles. The predicted octanol–water partition coefficient (Wildman–Crippen LogP) is 2.68. The van der Waals surface area contributed by atoms with Crippen LogP contribution in [0.25, 0.3) is 0 Å². The minimum absolute atomic E-state index is 0.132. The van der Waals surface area contributed by atoms with Crippen LogP contribution in [0.15, 0.2) is 18.2 Å². The molecule has 0 aromatic heterocycles. The van der Waals surface area contributed by atoms with Gasteiger partial charge in [-0.25, -0.2) is 0 Å². The molecule has 2 N–H and O–H groups in total. The Morgan fingerprint density at radius 3 is 2.69 bits per heavy atom. The molecular formula is C14H21NO. The molecule has 0 unspecified atom stereocenters. The maximum absolute atomic E-state index is 6.12. The number of ether oxygens (including phenoxy) is 1. The summed E-state index contributed by atoms with van der Waals surface area (Å²) in [5.74, 6) is 1.00. The van der Waals surface area contributed by atoms with Gasteiger partial charge < -0.3 is 10.5 Å². The van der Waals surface area contributed by atoms with E-state index in [1.54, 1.807) is 7.11 Å². The van der Waals surface area contributed by atoms with Gasteiger partial charge in [0.2, 0.25) is 0 Å². The first-order valence-electron chi connectivity index (χ1n) is 6.11. The van der Waals surface area contributed by atoms with Crippen LogP contribution >= 0.6 is 0 Å². The maximum atomic E-state index is 6.12. The lowest BCUT2D eigenvalue weighted by Gasteiger charge is -2.12. The summed E-state index contributed by atoms with van der Waals surface area (Å²) in [6.45, 7) is 2.18. The highest BCUT2D eigenvalue weighted by Crippen LogP contribution is 2.37. The number of aryl methyl sites for hydroxylation is 2. The molecule has 0 amide bonds. The van der Waals surface area contributed by atoms with Crippen molar-refractivity contribution in [3.8, 4) is 5.75 Å². The number of nitrogens with two attached hydrogens (primary N) is 1. The fraction of sp³-hybridized carbons (Fsp3) is 0.571. The second-order valence-electron chi connectivity index (χ2n) is 4.86.